The molecule has 2 aromatic rings. The normalized spacial score (nSPS) is 11.4. The zero-order valence-corrected chi connectivity index (χ0v) is 13.4. The molecular formula is C13H16N4O2S2. The maximum atomic E-state index is 12.3. The van der Waals surface area contributed by atoms with Crippen LogP contribution in [0.2, 0.25) is 0 Å². The van der Waals surface area contributed by atoms with Crippen LogP contribution in [-0.4, -0.2) is 36.3 Å². The molecule has 0 fully saturated rings. The van der Waals surface area contributed by atoms with Crippen molar-refractivity contribution >= 4 is 21.4 Å². The van der Waals surface area contributed by atoms with E-state index in [0.717, 1.165) is 10.4 Å². The van der Waals surface area contributed by atoms with Crippen LogP contribution in [0.3, 0.4) is 0 Å². The van der Waals surface area contributed by atoms with Gasteiger partial charge < -0.3 is 10.7 Å². The van der Waals surface area contributed by atoms with Gasteiger partial charge in [-0.1, -0.05) is 11.8 Å². The Hall–Kier alpha value is -1.66. The Bertz CT molecular complexity index is 780. The summed E-state index contributed by atoms with van der Waals surface area (Å²) in [5.74, 6) is 6.26. The van der Waals surface area contributed by atoms with Crippen LogP contribution in [0.15, 0.2) is 22.7 Å². The van der Waals surface area contributed by atoms with Crippen molar-refractivity contribution in [1.82, 2.24) is 14.3 Å². The fourth-order valence-electron chi connectivity index (χ4n) is 1.68. The van der Waals surface area contributed by atoms with Gasteiger partial charge in [-0.05, 0) is 13.0 Å². The van der Waals surface area contributed by atoms with Crippen LogP contribution < -0.4 is 5.73 Å². The Kier molecular flexibility index (Phi) is 4.80. The quantitative estimate of drug-likeness (QED) is 0.818. The number of H-pyrrole nitrogens is 1. The van der Waals surface area contributed by atoms with Gasteiger partial charge in [-0.2, -0.15) is 4.31 Å². The van der Waals surface area contributed by atoms with Gasteiger partial charge >= 0.3 is 0 Å². The van der Waals surface area contributed by atoms with E-state index in [9.17, 15) is 8.42 Å². The molecule has 0 aromatic carbocycles. The van der Waals surface area contributed by atoms with Crippen molar-refractivity contribution in [3.05, 3.63) is 33.9 Å². The van der Waals surface area contributed by atoms with Gasteiger partial charge in [0.2, 0.25) is 0 Å². The number of rotatable bonds is 4. The van der Waals surface area contributed by atoms with Crippen LogP contribution >= 0.6 is 11.3 Å². The van der Waals surface area contributed by atoms with Crippen molar-refractivity contribution in [3.8, 4) is 11.8 Å². The molecular weight excluding hydrogens is 308 g/mol. The maximum absolute atomic E-state index is 12.3. The molecule has 0 aliphatic carbocycles. The van der Waals surface area contributed by atoms with E-state index in [2.05, 4.69) is 21.8 Å². The molecule has 0 aliphatic rings. The molecule has 3 N–H and O–H groups in total. The first-order valence-electron chi connectivity index (χ1n) is 6.18. The summed E-state index contributed by atoms with van der Waals surface area (Å²) in [6.45, 7) is 2.30. The van der Waals surface area contributed by atoms with E-state index in [0.29, 0.717) is 12.4 Å². The highest BCUT2D eigenvalue weighted by molar-refractivity contribution is 7.89. The average Bonchev–Trinajstić information content (AvgIpc) is 3.05. The molecule has 0 spiro atoms. The summed E-state index contributed by atoms with van der Waals surface area (Å²) in [5, 5.41) is 1.99. The lowest BCUT2D eigenvalue weighted by Gasteiger charge is -2.14. The SMILES string of the molecule is Cc1ncc(S(=O)(=O)N(C)Cc2cc(C#CCN)cs2)[nH]1. The lowest BCUT2D eigenvalue weighted by Crippen LogP contribution is -2.26. The number of imidazole rings is 1. The Balaban J connectivity index is 2.14. The number of aromatic nitrogens is 2. The number of aromatic amines is 1. The molecule has 0 radical (unpaired) electrons. The van der Waals surface area contributed by atoms with Crippen LogP contribution in [0.5, 0.6) is 0 Å². The topological polar surface area (TPSA) is 92.1 Å². The van der Waals surface area contributed by atoms with Crippen molar-refractivity contribution in [1.29, 1.82) is 0 Å². The molecule has 0 bridgehead atoms. The minimum absolute atomic E-state index is 0.0993. The van der Waals surface area contributed by atoms with Crippen molar-refractivity contribution in [2.45, 2.75) is 18.5 Å². The minimum Gasteiger partial charge on any atom is -0.332 e. The third kappa shape index (κ3) is 3.71. The summed E-state index contributed by atoms with van der Waals surface area (Å²) < 4.78 is 26.0. The molecule has 0 atom stereocenters. The highest BCUT2D eigenvalue weighted by Gasteiger charge is 2.23. The van der Waals surface area contributed by atoms with Crippen molar-refractivity contribution in [3.63, 3.8) is 0 Å². The second kappa shape index (κ2) is 6.41. The third-order valence-corrected chi connectivity index (χ3v) is 5.37. The molecule has 2 heterocycles. The predicted octanol–water partition coefficient (Wildman–Crippen LogP) is 0.911. The first-order chi connectivity index (χ1) is 9.93. The van der Waals surface area contributed by atoms with Crippen molar-refractivity contribution in [2.24, 2.45) is 5.73 Å². The lowest BCUT2D eigenvalue weighted by atomic mass is 10.3. The summed E-state index contributed by atoms with van der Waals surface area (Å²) in [6, 6.07) is 1.87. The van der Waals surface area contributed by atoms with E-state index in [-0.39, 0.29) is 11.6 Å². The second-order valence-electron chi connectivity index (χ2n) is 4.40. The number of nitrogens with two attached hydrogens (primary N) is 1. The van der Waals surface area contributed by atoms with E-state index in [1.54, 1.807) is 6.92 Å². The van der Waals surface area contributed by atoms with E-state index in [1.165, 1.54) is 28.9 Å². The van der Waals surface area contributed by atoms with E-state index < -0.39 is 10.0 Å². The van der Waals surface area contributed by atoms with Crippen LogP contribution in [0.4, 0.5) is 0 Å². The van der Waals surface area contributed by atoms with E-state index >= 15 is 0 Å². The fourth-order valence-corrected chi connectivity index (χ4v) is 3.74. The van der Waals surface area contributed by atoms with Gasteiger partial charge in [0, 0.05) is 29.4 Å². The minimum atomic E-state index is -3.56. The third-order valence-electron chi connectivity index (χ3n) is 2.73. The first kappa shape index (κ1) is 15.7. The summed E-state index contributed by atoms with van der Waals surface area (Å²) in [4.78, 5) is 7.58. The van der Waals surface area contributed by atoms with Crippen LogP contribution in [0.1, 0.15) is 16.3 Å². The number of thiophene rings is 1. The molecule has 2 aromatic heterocycles. The molecule has 0 saturated heterocycles. The zero-order chi connectivity index (χ0) is 15.5. The second-order valence-corrected chi connectivity index (χ2v) is 7.41. The first-order valence-corrected chi connectivity index (χ1v) is 8.49. The van der Waals surface area contributed by atoms with Gasteiger partial charge in [-0.25, -0.2) is 13.4 Å². The van der Waals surface area contributed by atoms with Crippen molar-refractivity contribution in [2.75, 3.05) is 13.6 Å². The number of nitrogens with one attached hydrogen (secondary N) is 1. The molecule has 112 valence electrons. The van der Waals surface area contributed by atoms with E-state index in [1.807, 2.05) is 11.4 Å². The molecule has 0 unspecified atom stereocenters. The number of hydrogen-bond acceptors (Lipinski definition) is 5. The van der Waals surface area contributed by atoms with Crippen LogP contribution in [0, 0.1) is 18.8 Å². The predicted molar refractivity (Wildman–Crippen MR) is 82.2 cm³/mol. The molecule has 8 heteroatoms. The number of sulfonamides is 1. The summed E-state index contributed by atoms with van der Waals surface area (Å²) in [5.41, 5.74) is 6.17. The van der Waals surface area contributed by atoms with Gasteiger partial charge in [0.05, 0.1) is 12.7 Å². The summed E-state index contributed by atoms with van der Waals surface area (Å²) in [7, 11) is -2.02. The molecule has 21 heavy (non-hydrogen) atoms. The Morgan fingerprint density at radius 2 is 2.29 bits per heavy atom. The monoisotopic (exact) mass is 324 g/mol. The Morgan fingerprint density at radius 1 is 1.52 bits per heavy atom. The summed E-state index contributed by atoms with van der Waals surface area (Å²) >= 11 is 1.47. The molecule has 2 rings (SSSR count). The van der Waals surface area contributed by atoms with Gasteiger partial charge in [0.1, 0.15) is 5.82 Å². The van der Waals surface area contributed by atoms with Gasteiger partial charge in [-0.3, -0.25) is 0 Å². The highest BCUT2D eigenvalue weighted by atomic mass is 32.2. The van der Waals surface area contributed by atoms with Gasteiger partial charge in [0.25, 0.3) is 10.0 Å². The Labute approximate surface area is 128 Å². The zero-order valence-electron chi connectivity index (χ0n) is 11.8. The smallest absolute Gasteiger partial charge is 0.260 e. The maximum Gasteiger partial charge on any atom is 0.260 e. The van der Waals surface area contributed by atoms with Crippen molar-refractivity contribution < 1.29 is 8.42 Å². The Morgan fingerprint density at radius 3 is 2.90 bits per heavy atom. The molecule has 0 aliphatic heterocycles. The molecule has 6 nitrogen and oxygen atoms in total. The number of aryl methyl sites for hydroxylation is 1. The van der Waals surface area contributed by atoms with Crippen LogP contribution in [-0.2, 0) is 16.6 Å². The van der Waals surface area contributed by atoms with Crippen LogP contribution in [0.25, 0.3) is 0 Å². The number of nitrogens with zero attached hydrogens (tertiary/aromatic N) is 2. The fraction of sp³-hybridized carbons (Fsp3) is 0.308. The van der Waals surface area contributed by atoms with E-state index in [4.69, 9.17) is 5.73 Å². The average molecular weight is 324 g/mol. The molecule has 0 saturated carbocycles. The van der Waals surface area contributed by atoms with Gasteiger partial charge in [-0.15, -0.1) is 11.3 Å². The number of hydrogen-bond donors (Lipinski definition) is 2. The molecule has 0 amide bonds. The van der Waals surface area contributed by atoms with Gasteiger partial charge in [0.15, 0.2) is 5.03 Å². The standard InChI is InChI=1S/C13H16N4O2S2/c1-10-15-7-13(16-10)21(18,19)17(2)8-12-6-11(9-20-12)4-3-5-14/h6-7,9H,5,8,14H2,1-2H3,(H,15,16). The lowest BCUT2D eigenvalue weighted by molar-refractivity contribution is 0.467. The highest BCUT2D eigenvalue weighted by Crippen LogP contribution is 2.19. The largest absolute Gasteiger partial charge is 0.332 e. The summed E-state index contributed by atoms with van der Waals surface area (Å²) in [6.07, 6.45) is 1.33.